The Labute approximate surface area is 96.3 Å². The average Bonchev–Trinajstić information content (AvgIpc) is 2.25. The van der Waals surface area contributed by atoms with Gasteiger partial charge in [-0.3, -0.25) is 4.79 Å². The van der Waals surface area contributed by atoms with Gasteiger partial charge in [-0.05, 0) is 11.1 Å². The van der Waals surface area contributed by atoms with E-state index in [-0.39, 0.29) is 13.2 Å². The molecule has 0 radical (unpaired) electrons. The van der Waals surface area contributed by atoms with Crippen molar-refractivity contribution in [1.29, 1.82) is 0 Å². The lowest BCUT2D eigenvalue weighted by molar-refractivity contribution is -0.153. The second kappa shape index (κ2) is 5.67. The van der Waals surface area contributed by atoms with Gasteiger partial charge in [-0.1, -0.05) is 24.3 Å². The van der Waals surface area contributed by atoms with Gasteiger partial charge < -0.3 is 10.4 Å². The molecule has 0 unspecified atom stereocenters. The van der Waals surface area contributed by atoms with Gasteiger partial charge in [0.05, 0.1) is 6.61 Å². The van der Waals surface area contributed by atoms with Crippen molar-refractivity contribution < 1.29 is 23.1 Å². The van der Waals surface area contributed by atoms with Gasteiger partial charge in [-0.15, -0.1) is 0 Å². The molecule has 0 atom stereocenters. The first-order valence-electron chi connectivity index (χ1n) is 4.93. The van der Waals surface area contributed by atoms with Crippen LogP contribution in [-0.4, -0.2) is 17.2 Å². The van der Waals surface area contributed by atoms with E-state index in [1.807, 2.05) is 0 Å². The maximum atomic E-state index is 11.8. The summed E-state index contributed by atoms with van der Waals surface area (Å²) in [5.74, 6) is -1.05. The molecule has 2 N–H and O–H groups in total. The quantitative estimate of drug-likeness (QED) is 0.851. The number of carbonyl (C=O) groups excluding carboxylic acids is 1. The van der Waals surface area contributed by atoms with Gasteiger partial charge in [-0.2, -0.15) is 13.2 Å². The van der Waals surface area contributed by atoms with Crippen molar-refractivity contribution in [3.8, 4) is 0 Å². The van der Waals surface area contributed by atoms with E-state index in [9.17, 15) is 18.0 Å². The number of carbonyl (C=O) groups is 1. The Bertz CT molecular complexity index is 373. The Hall–Kier alpha value is -1.56. The molecule has 0 aliphatic carbocycles. The SMILES string of the molecule is O=C(CC(F)(F)F)NCc1ccc(CO)cc1. The monoisotopic (exact) mass is 247 g/mol. The highest BCUT2D eigenvalue weighted by molar-refractivity contribution is 5.76. The molecule has 6 heteroatoms. The average molecular weight is 247 g/mol. The van der Waals surface area contributed by atoms with Gasteiger partial charge in [0.2, 0.25) is 5.91 Å². The number of aliphatic hydroxyl groups excluding tert-OH is 1. The third-order valence-corrected chi connectivity index (χ3v) is 2.06. The highest BCUT2D eigenvalue weighted by Gasteiger charge is 2.30. The molecule has 0 aliphatic rings. The summed E-state index contributed by atoms with van der Waals surface area (Å²) in [5, 5.41) is 11.0. The number of amides is 1. The fourth-order valence-corrected chi connectivity index (χ4v) is 1.21. The molecule has 94 valence electrons. The number of aliphatic hydroxyl groups is 1. The van der Waals surface area contributed by atoms with Crippen molar-refractivity contribution in [2.24, 2.45) is 0 Å². The van der Waals surface area contributed by atoms with Crippen LogP contribution in [0.25, 0.3) is 0 Å². The van der Waals surface area contributed by atoms with Crippen molar-refractivity contribution in [1.82, 2.24) is 5.32 Å². The van der Waals surface area contributed by atoms with Crippen LogP contribution in [-0.2, 0) is 17.9 Å². The predicted molar refractivity (Wildman–Crippen MR) is 54.9 cm³/mol. The Morgan fingerprint density at radius 2 is 1.71 bits per heavy atom. The van der Waals surface area contributed by atoms with Crippen LogP contribution in [0.4, 0.5) is 13.2 Å². The van der Waals surface area contributed by atoms with Crippen LogP contribution in [0.3, 0.4) is 0 Å². The first kappa shape index (κ1) is 13.5. The molecule has 1 rings (SSSR count). The molecule has 0 spiro atoms. The highest BCUT2D eigenvalue weighted by Crippen LogP contribution is 2.18. The van der Waals surface area contributed by atoms with Crippen LogP contribution >= 0.6 is 0 Å². The lowest BCUT2D eigenvalue weighted by atomic mass is 10.1. The Kier molecular flexibility index (Phi) is 4.51. The zero-order valence-electron chi connectivity index (χ0n) is 8.92. The molecule has 3 nitrogen and oxygen atoms in total. The van der Waals surface area contributed by atoms with Crippen molar-refractivity contribution in [3.05, 3.63) is 35.4 Å². The molecule has 0 saturated carbocycles. The maximum absolute atomic E-state index is 11.8. The van der Waals surface area contributed by atoms with Crippen LogP contribution in [0.5, 0.6) is 0 Å². The van der Waals surface area contributed by atoms with Gasteiger partial charge in [-0.25, -0.2) is 0 Å². The summed E-state index contributed by atoms with van der Waals surface area (Å²) in [6.07, 6.45) is -5.95. The molecule has 0 fully saturated rings. The fraction of sp³-hybridized carbons (Fsp3) is 0.364. The largest absolute Gasteiger partial charge is 0.397 e. The van der Waals surface area contributed by atoms with E-state index in [2.05, 4.69) is 5.32 Å². The number of nitrogens with one attached hydrogen (secondary N) is 1. The standard InChI is InChI=1S/C11H12F3NO2/c12-11(13,14)5-10(17)15-6-8-1-3-9(7-16)4-2-8/h1-4,16H,5-7H2,(H,15,17). The lowest BCUT2D eigenvalue weighted by Gasteiger charge is -2.08. The van der Waals surface area contributed by atoms with Gasteiger partial charge in [0.15, 0.2) is 0 Å². The minimum atomic E-state index is -4.48. The minimum absolute atomic E-state index is 0.0423. The molecule has 1 aromatic rings. The summed E-state index contributed by atoms with van der Waals surface area (Å²) < 4.78 is 35.5. The first-order chi connectivity index (χ1) is 7.90. The number of halogens is 3. The van der Waals surface area contributed by atoms with Crippen LogP contribution in [0, 0.1) is 0 Å². The second-order valence-electron chi connectivity index (χ2n) is 3.54. The van der Waals surface area contributed by atoms with Crippen LogP contribution in [0.1, 0.15) is 17.5 Å². The van der Waals surface area contributed by atoms with E-state index in [0.717, 1.165) is 0 Å². The number of benzene rings is 1. The van der Waals surface area contributed by atoms with Gasteiger partial charge in [0, 0.05) is 6.54 Å². The molecule has 17 heavy (non-hydrogen) atoms. The maximum Gasteiger partial charge on any atom is 0.397 e. The van der Waals surface area contributed by atoms with Gasteiger partial charge in [0.1, 0.15) is 6.42 Å². The van der Waals surface area contributed by atoms with E-state index < -0.39 is 18.5 Å². The summed E-state index contributed by atoms with van der Waals surface area (Å²) in [7, 11) is 0. The van der Waals surface area contributed by atoms with Crippen LogP contribution in [0.15, 0.2) is 24.3 Å². The van der Waals surface area contributed by atoms with Gasteiger partial charge >= 0.3 is 6.18 Å². The van der Waals surface area contributed by atoms with Crippen molar-refractivity contribution in [3.63, 3.8) is 0 Å². The van der Waals surface area contributed by atoms with Crippen molar-refractivity contribution in [2.75, 3.05) is 0 Å². The first-order valence-corrected chi connectivity index (χ1v) is 4.93. The van der Waals surface area contributed by atoms with Crippen LogP contribution < -0.4 is 5.32 Å². The number of rotatable bonds is 4. The minimum Gasteiger partial charge on any atom is -0.392 e. The third kappa shape index (κ3) is 5.35. The lowest BCUT2D eigenvalue weighted by Crippen LogP contribution is -2.28. The van der Waals surface area contributed by atoms with E-state index in [4.69, 9.17) is 5.11 Å². The number of hydrogen-bond donors (Lipinski definition) is 2. The molecule has 0 bridgehead atoms. The second-order valence-corrected chi connectivity index (χ2v) is 3.54. The molecule has 0 aromatic heterocycles. The molecule has 0 saturated heterocycles. The fourth-order valence-electron chi connectivity index (χ4n) is 1.21. The molecule has 1 aromatic carbocycles. The van der Waals surface area contributed by atoms with E-state index in [0.29, 0.717) is 11.1 Å². The Morgan fingerprint density at radius 3 is 2.18 bits per heavy atom. The summed E-state index contributed by atoms with van der Waals surface area (Å²) in [5.41, 5.74) is 1.38. The molecular weight excluding hydrogens is 235 g/mol. The number of hydrogen-bond acceptors (Lipinski definition) is 2. The van der Waals surface area contributed by atoms with Gasteiger partial charge in [0.25, 0.3) is 0 Å². The zero-order valence-corrected chi connectivity index (χ0v) is 8.92. The smallest absolute Gasteiger partial charge is 0.392 e. The van der Waals surface area contributed by atoms with E-state index in [1.165, 1.54) is 0 Å². The highest BCUT2D eigenvalue weighted by atomic mass is 19.4. The Morgan fingerprint density at radius 1 is 1.18 bits per heavy atom. The molecular formula is C11H12F3NO2. The predicted octanol–water partition coefficient (Wildman–Crippen LogP) is 1.75. The topological polar surface area (TPSA) is 49.3 Å². The normalized spacial score (nSPS) is 11.3. The summed E-state index contributed by atoms with van der Waals surface area (Å²) in [4.78, 5) is 10.9. The number of alkyl halides is 3. The molecule has 1 amide bonds. The molecule has 0 heterocycles. The summed E-state index contributed by atoms with van der Waals surface area (Å²) in [6.45, 7) is -0.0542. The summed E-state index contributed by atoms with van der Waals surface area (Å²) in [6, 6.07) is 6.56. The van der Waals surface area contributed by atoms with E-state index >= 15 is 0 Å². The zero-order chi connectivity index (χ0) is 12.9. The van der Waals surface area contributed by atoms with E-state index in [1.54, 1.807) is 24.3 Å². The molecule has 0 aliphatic heterocycles. The van der Waals surface area contributed by atoms with Crippen molar-refractivity contribution >= 4 is 5.91 Å². The summed E-state index contributed by atoms with van der Waals surface area (Å²) >= 11 is 0. The van der Waals surface area contributed by atoms with Crippen molar-refractivity contribution in [2.45, 2.75) is 25.7 Å². The third-order valence-electron chi connectivity index (χ3n) is 2.06. The van der Waals surface area contributed by atoms with Crippen LogP contribution in [0.2, 0.25) is 0 Å². The Balaban J connectivity index is 2.42.